The van der Waals surface area contributed by atoms with Crippen LogP contribution in [0, 0.1) is 5.92 Å². The second-order valence-corrected chi connectivity index (χ2v) is 8.94. The van der Waals surface area contributed by atoms with E-state index in [4.69, 9.17) is 0 Å². The van der Waals surface area contributed by atoms with Crippen molar-refractivity contribution < 1.29 is 14.7 Å². The fourth-order valence-electron chi connectivity index (χ4n) is 3.83. The smallest absolute Gasteiger partial charge is 0.226 e. The quantitative estimate of drug-likeness (QED) is 0.190. The molecule has 0 saturated carbocycles. The molecule has 0 aliphatic rings. The van der Waals surface area contributed by atoms with E-state index < -0.39 is 12.0 Å². The summed E-state index contributed by atoms with van der Waals surface area (Å²) in [7, 11) is 0. The van der Waals surface area contributed by atoms with Crippen molar-refractivity contribution in [1.82, 2.24) is 5.32 Å². The third-order valence-corrected chi connectivity index (χ3v) is 5.93. The normalized spacial score (nSPS) is 13.2. The van der Waals surface area contributed by atoms with E-state index in [0.29, 0.717) is 6.54 Å². The molecular weight excluding hydrogens is 398 g/mol. The van der Waals surface area contributed by atoms with E-state index in [1.165, 1.54) is 70.3 Å². The van der Waals surface area contributed by atoms with Gasteiger partial charge in [0.05, 0.1) is 12.0 Å². The van der Waals surface area contributed by atoms with Gasteiger partial charge in [0, 0.05) is 13.0 Å². The van der Waals surface area contributed by atoms with Crippen LogP contribution in [0.15, 0.2) is 36.4 Å². The number of allylic oxidation sites excluding steroid dienone is 1. The van der Waals surface area contributed by atoms with Crippen LogP contribution in [0.4, 0.5) is 0 Å². The van der Waals surface area contributed by atoms with Crippen LogP contribution in [0.5, 0.6) is 0 Å². The van der Waals surface area contributed by atoms with Crippen molar-refractivity contribution >= 4 is 17.8 Å². The number of aliphatic hydroxyl groups is 1. The predicted molar refractivity (Wildman–Crippen MR) is 134 cm³/mol. The van der Waals surface area contributed by atoms with Gasteiger partial charge in [-0.2, -0.15) is 0 Å². The third kappa shape index (κ3) is 14.2. The van der Waals surface area contributed by atoms with Crippen LogP contribution in [0.3, 0.4) is 0 Å². The van der Waals surface area contributed by atoms with Gasteiger partial charge in [-0.3, -0.25) is 9.59 Å². The highest BCUT2D eigenvalue weighted by Gasteiger charge is 2.25. The molecule has 0 aliphatic heterocycles. The van der Waals surface area contributed by atoms with Gasteiger partial charge >= 0.3 is 0 Å². The molecule has 1 rings (SSSR count). The lowest BCUT2D eigenvalue weighted by molar-refractivity contribution is -0.131. The van der Waals surface area contributed by atoms with Gasteiger partial charge in [-0.1, -0.05) is 114 Å². The molecule has 2 N–H and O–H groups in total. The molecule has 1 aromatic rings. The van der Waals surface area contributed by atoms with Crippen molar-refractivity contribution in [2.24, 2.45) is 5.92 Å². The molecule has 0 bridgehead atoms. The summed E-state index contributed by atoms with van der Waals surface area (Å²) in [6.07, 6.45) is 17.7. The molecule has 180 valence electrons. The van der Waals surface area contributed by atoms with Gasteiger partial charge in [-0.05, 0) is 25.0 Å². The Morgan fingerprint density at radius 2 is 1.41 bits per heavy atom. The lowest BCUT2D eigenvalue weighted by Gasteiger charge is -2.18. The molecule has 32 heavy (non-hydrogen) atoms. The predicted octanol–water partition coefficient (Wildman–Crippen LogP) is 6.47. The first-order valence-corrected chi connectivity index (χ1v) is 12.8. The zero-order valence-electron chi connectivity index (χ0n) is 20.4. The lowest BCUT2D eigenvalue weighted by Crippen LogP contribution is -2.38. The number of benzene rings is 1. The van der Waals surface area contributed by atoms with Gasteiger partial charge < -0.3 is 10.4 Å². The summed E-state index contributed by atoms with van der Waals surface area (Å²) in [5.74, 6) is -1.09. The van der Waals surface area contributed by atoms with Gasteiger partial charge in [0.2, 0.25) is 5.91 Å². The third-order valence-electron chi connectivity index (χ3n) is 5.93. The highest BCUT2D eigenvalue weighted by molar-refractivity contribution is 5.96. The SMILES string of the molecule is CCCCCCCCCCCCCCNC(=O)[C@@H](CC(=O)/C=C/c1ccccc1)[C@@H](C)O. The molecule has 1 aromatic carbocycles. The molecule has 1 amide bonds. The second kappa shape index (κ2) is 18.6. The first kappa shape index (κ1) is 28.1. The highest BCUT2D eigenvalue weighted by Crippen LogP contribution is 2.13. The Hall–Kier alpha value is -1.94. The van der Waals surface area contributed by atoms with E-state index >= 15 is 0 Å². The molecule has 0 aromatic heterocycles. The van der Waals surface area contributed by atoms with Crippen molar-refractivity contribution in [3.05, 3.63) is 42.0 Å². The van der Waals surface area contributed by atoms with Gasteiger partial charge in [0.1, 0.15) is 0 Å². The van der Waals surface area contributed by atoms with Crippen molar-refractivity contribution in [2.75, 3.05) is 6.54 Å². The molecule has 0 unspecified atom stereocenters. The maximum Gasteiger partial charge on any atom is 0.226 e. The number of rotatable bonds is 19. The minimum atomic E-state index is -0.856. The number of carbonyl (C=O) groups excluding carboxylic acids is 2. The minimum absolute atomic E-state index is 0.0191. The summed E-state index contributed by atoms with van der Waals surface area (Å²) in [6.45, 7) is 4.43. The van der Waals surface area contributed by atoms with Gasteiger partial charge in [-0.15, -0.1) is 0 Å². The van der Waals surface area contributed by atoms with E-state index in [0.717, 1.165) is 18.4 Å². The Labute approximate surface area is 195 Å². The van der Waals surface area contributed by atoms with Gasteiger partial charge in [-0.25, -0.2) is 0 Å². The topological polar surface area (TPSA) is 66.4 Å². The molecule has 0 heterocycles. The Morgan fingerprint density at radius 3 is 1.94 bits per heavy atom. The number of nitrogens with one attached hydrogen (secondary N) is 1. The van der Waals surface area contributed by atoms with E-state index in [1.807, 2.05) is 30.3 Å². The summed E-state index contributed by atoms with van der Waals surface area (Å²) in [6, 6.07) is 9.57. The number of carbonyl (C=O) groups is 2. The molecule has 0 aliphatic carbocycles. The van der Waals surface area contributed by atoms with E-state index in [9.17, 15) is 14.7 Å². The van der Waals surface area contributed by atoms with Crippen LogP contribution in [0.1, 0.15) is 103 Å². The molecule has 2 atom stereocenters. The lowest BCUT2D eigenvalue weighted by atomic mass is 9.95. The van der Waals surface area contributed by atoms with Crippen LogP contribution in [0.25, 0.3) is 6.08 Å². The van der Waals surface area contributed by atoms with Gasteiger partial charge in [0.15, 0.2) is 5.78 Å². The second-order valence-electron chi connectivity index (χ2n) is 8.94. The standard InChI is InChI=1S/C28H45NO3/c1-3-4-5-6-7-8-9-10-11-12-13-17-22-29-28(32)27(24(2)30)23-26(31)21-20-25-18-15-14-16-19-25/h14-16,18-21,24,27,30H,3-13,17,22-23H2,1-2H3,(H,29,32)/b21-20+/t24-,27+/m1/s1. The number of hydrogen-bond acceptors (Lipinski definition) is 3. The average molecular weight is 444 g/mol. The minimum Gasteiger partial charge on any atom is -0.393 e. The Balaban J connectivity index is 2.13. The number of unbranched alkanes of at least 4 members (excludes halogenated alkanes) is 11. The molecular formula is C28H45NO3. The highest BCUT2D eigenvalue weighted by atomic mass is 16.3. The van der Waals surface area contributed by atoms with Crippen LogP contribution in [-0.4, -0.2) is 29.4 Å². The molecule has 0 fully saturated rings. The number of hydrogen-bond donors (Lipinski definition) is 2. The number of ketones is 1. The Morgan fingerprint density at radius 1 is 0.875 bits per heavy atom. The first-order chi connectivity index (χ1) is 15.5. The summed E-state index contributed by atoms with van der Waals surface area (Å²) < 4.78 is 0. The van der Waals surface area contributed by atoms with E-state index in [1.54, 1.807) is 13.0 Å². The van der Waals surface area contributed by atoms with Crippen LogP contribution < -0.4 is 5.32 Å². The largest absolute Gasteiger partial charge is 0.393 e. The maximum atomic E-state index is 12.4. The molecule has 0 saturated heterocycles. The number of amides is 1. The average Bonchev–Trinajstić information content (AvgIpc) is 2.79. The molecule has 4 heteroatoms. The van der Waals surface area contributed by atoms with Crippen molar-refractivity contribution in [3.63, 3.8) is 0 Å². The van der Waals surface area contributed by atoms with E-state index in [-0.39, 0.29) is 18.1 Å². The zero-order valence-corrected chi connectivity index (χ0v) is 20.4. The zero-order chi connectivity index (χ0) is 23.4. The fraction of sp³-hybridized carbons (Fsp3) is 0.643. The summed E-state index contributed by atoms with van der Waals surface area (Å²) in [5, 5.41) is 12.9. The molecule has 0 spiro atoms. The van der Waals surface area contributed by atoms with Crippen molar-refractivity contribution in [1.29, 1.82) is 0 Å². The maximum absolute atomic E-state index is 12.4. The molecule has 0 radical (unpaired) electrons. The molecule has 4 nitrogen and oxygen atoms in total. The van der Waals surface area contributed by atoms with Crippen LogP contribution in [0.2, 0.25) is 0 Å². The van der Waals surface area contributed by atoms with Gasteiger partial charge in [0.25, 0.3) is 0 Å². The Bertz CT molecular complexity index is 639. The van der Waals surface area contributed by atoms with Crippen molar-refractivity contribution in [2.45, 2.75) is 103 Å². The number of aliphatic hydroxyl groups excluding tert-OH is 1. The summed E-state index contributed by atoms with van der Waals surface area (Å²) >= 11 is 0. The summed E-state index contributed by atoms with van der Waals surface area (Å²) in [5.41, 5.74) is 0.936. The van der Waals surface area contributed by atoms with Crippen LogP contribution >= 0.6 is 0 Å². The summed E-state index contributed by atoms with van der Waals surface area (Å²) in [4.78, 5) is 24.7. The fourth-order valence-corrected chi connectivity index (χ4v) is 3.83. The monoisotopic (exact) mass is 443 g/mol. The Kier molecular flexibility index (Phi) is 16.3. The van der Waals surface area contributed by atoms with Crippen molar-refractivity contribution in [3.8, 4) is 0 Å². The first-order valence-electron chi connectivity index (χ1n) is 12.8. The van der Waals surface area contributed by atoms with Crippen LogP contribution in [-0.2, 0) is 9.59 Å². The van der Waals surface area contributed by atoms with E-state index in [2.05, 4.69) is 12.2 Å².